The number of aromatic nitrogens is 3. The summed E-state index contributed by atoms with van der Waals surface area (Å²) in [6.07, 6.45) is 3.39. The average Bonchev–Trinajstić information content (AvgIpc) is 2.40. The fourth-order valence-corrected chi connectivity index (χ4v) is 1.45. The Bertz CT molecular complexity index is 526. The Hall–Kier alpha value is -2.50. The summed E-state index contributed by atoms with van der Waals surface area (Å²) in [6.45, 7) is 1.87. The highest BCUT2D eigenvalue weighted by atomic mass is 16.2. The number of nitrogen functional groups attached to an aromatic ring is 1. The van der Waals surface area contributed by atoms with Crippen molar-refractivity contribution in [1.82, 2.24) is 20.5 Å². The van der Waals surface area contributed by atoms with E-state index >= 15 is 0 Å². The summed E-state index contributed by atoms with van der Waals surface area (Å²) in [4.78, 5) is 15.9. The van der Waals surface area contributed by atoms with Crippen molar-refractivity contribution in [2.75, 3.05) is 5.73 Å². The first-order valence-corrected chi connectivity index (χ1v) is 5.47. The van der Waals surface area contributed by atoms with E-state index < -0.39 is 0 Å². The molecule has 18 heavy (non-hydrogen) atoms. The fourth-order valence-electron chi connectivity index (χ4n) is 1.45. The van der Waals surface area contributed by atoms with Crippen LogP contribution in [0, 0.1) is 0 Å². The van der Waals surface area contributed by atoms with Gasteiger partial charge in [0, 0.05) is 12.4 Å². The van der Waals surface area contributed by atoms with Gasteiger partial charge in [-0.15, -0.1) is 10.2 Å². The standard InChI is InChI=1S/C12H13N5O/c1-8(9-3-2-6-14-7-9)15-12(18)10-4-5-11(13)17-16-10/h2-8H,1H3,(H2,13,17)(H,15,18). The van der Waals surface area contributed by atoms with Crippen molar-refractivity contribution in [3.8, 4) is 0 Å². The zero-order valence-corrected chi connectivity index (χ0v) is 9.87. The molecule has 0 spiro atoms. The van der Waals surface area contributed by atoms with Gasteiger partial charge in [-0.2, -0.15) is 0 Å². The maximum Gasteiger partial charge on any atom is 0.272 e. The molecule has 0 saturated heterocycles. The van der Waals surface area contributed by atoms with Crippen molar-refractivity contribution in [3.05, 3.63) is 47.9 Å². The molecule has 2 rings (SSSR count). The maximum absolute atomic E-state index is 11.9. The summed E-state index contributed by atoms with van der Waals surface area (Å²) >= 11 is 0. The number of anilines is 1. The molecular weight excluding hydrogens is 230 g/mol. The number of nitrogens with two attached hydrogens (primary N) is 1. The second-order valence-electron chi connectivity index (χ2n) is 3.82. The molecule has 6 heteroatoms. The van der Waals surface area contributed by atoms with Crippen LogP contribution < -0.4 is 11.1 Å². The maximum atomic E-state index is 11.9. The van der Waals surface area contributed by atoms with E-state index in [0.717, 1.165) is 5.56 Å². The van der Waals surface area contributed by atoms with E-state index in [1.165, 1.54) is 12.1 Å². The Morgan fingerprint density at radius 2 is 2.17 bits per heavy atom. The number of hydrogen-bond acceptors (Lipinski definition) is 5. The zero-order valence-electron chi connectivity index (χ0n) is 9.87. The van der Waals surface area contributed by atoms with Gasteiger partial charge in [0.1, 0.15) is 5.82 Å². The number of amides is 1. The van der Waals surface area contributed by atoms with Crippen LogP contribution in [-0.4, -0.2) is 21.1 Å². The summed E-state index contributed by atoms with van der Waals surface area (Å²) in [5.74, 6) is -0.00860. The van der Waals surface area contributed by atoms with Gasteiger partial charge in [0.2, 0.25) is 0 Å². The van der Waals surface area contributed by atoms with E-state index in [0.29, 0.717) is 0 Å². The molecule has 0 radical (unpaired) electrons. The van der Waals surface area contributed by atoms with Crippen molar-refractivity contribution in [3.63, 3.8) is 0 Å². The number of hydrogen-bond donors (Lipinski definition) is 2. The molecule has 0 aliphatic rings. The summed E-state index contributed by atoms with van der Waals surface area (Å²) in [5.41, 5.74) is 6.57. The van der Waals surface area contributed by atoms with Crippen molar-refractivity contribution < 1.29 is 4.79 Å². The molecule has 3 N–H and O–H groups in total. The monoisotopic (exact) mass is 243 g/mol. The fraction of sp³-hybridized carbons (Fsp3) is 0.167. The lowest BCUT2D eigenvalue weighted by atomic mass is 10.1. The van der Waals surface area contributed by atoms with E-state index in [4.69, 9.17) is 5.73 Å². The number of pyridine rings is 1. The van der Waals surface area contributed by atoms with Crippen LogP contribution >= 0.6 is 0 Å². The third-order valence-corrected chi connectivity index (χ3v) is 2.45. The van der Waals surface area contributed by atoms with Crippen LogP contribution in [0.2, 0.25) is 0 Å². The van der Waals surface area contributed by atoms with Gasteiger partial charge in [0.05, 0.1) is 6.04 Å². The Morgan fingerprint density at radius 1 is 1.33 bits per heavy atom. The highest BCUT2D eigenvalue weighted by Crippen LogP contribution is 2.10. The van der Waals surface area contributed by atoms with Crippen molar-refractivity contribution in [2.45, 2.75) is 13.0 Å². The molecule has 1 amide bonds. The Kier molecular flexibility index (Phi) is 3.47. The van der Waals surface area contributed by atoms with Crippen molar-refractivity contribution in [2.24, 2.45) is 0 Å². The molecule has 0 aliphatic carbocycles. The summed E-state index contributed by atoms with van der Waals surface area (Å²) < 4.78 is 0. The van der Waals surface area contributed by atoms with Crippen molar-refractivity contribution in [1.29, 1.82) is 0 Å². The zero-order chi connectivity index (χ0) is 13.0. The minimum absolute atomic E-state index is 0.148. The average molecular weight is 243 g/mol. The van der Waals surface area contributed by atoms with Gasteiger partial charge in [-0.1, -0.05) is 6.07 Å². The lowest BCUT2D eigenvalue weighted by molar-refractivity contribution is 0.0934. The quantitative estimate of drug-likeness (QED) is 0.836. The van der Waals surface area contributed by atoms with Gasteiger partial charge < -0.3 is 11.1 Å². The number of carbonyl (C=O) groups is 1. The van der Waals surface area contributed by atoms with E-state index in [9.17, 15) is 4.79 Å². The third-order valence-electron chi connectivity index (χ3n) is 2.45. The number of nitrogens with zero attached hydrogens (tertiary/aromatic N) is 3. The van der Waals surface area contributed by atoms with Crippen LogP contribution in [0.4, 0.5) is 5.82 Å². The van der Waals surface area contributed by atoms with Crippen LogP contribution in [0.15, 0.2) is 36.7 Å². The highest BCUT2D eigenvalue weighted by molar-refractivity contribution is 5.92. The van der Waals surface area contributed by atoms with E-state index in [2.05, 4.69) is 20.5 Å². The van der Waals surface area contributed by atoms with Crippen LogP contribution in [0.25, 0.3) is 0 Å². The van der Waals surface area contributed by atoms with Gasteiger partial charge in [-0.05, 0) is 30.7 Å². The predicted molar refractivity (Wildman–Crippen MR) is 66.6 cm³/mol. The molecule has 6 nitrogen and oxygen atoms in total. The normalized spacial score (nSPS) is 11.8. The Morgan fingerprint density at radius 3 is 2.78 bits per heavy atom. The minimum atomic E-state index is -0.293. The third kappa shape index (κ3) is 2.79. The van der Waals surface area contributed by atoms with E-state index in [-0.39, 0.29) is 23.5 Å². The van der Waals surface area contributed by atoms with E-state index in [1.54, 1.807) is 12.4 Å². The first-order chi connectivity index (χ1) is 8.66. The molecule has 92 valence electrons. The molecule has 0 fully saturated rings. The molecular formula is C12H13N5O. The molecule has 1 unspecified atom stereocenters. The number of rotatable bonds is 3. The lowest BCUT2D eigenvalue weighted by Gasteiger charge is -2.13. The van der Waals surface area contributed by atoms with Gasteiger partial charge in [-0.25, -0.2) is 0 Å². The topological polar surface area (TPSA) is 93.8 Å². The molecule has 2 heterocycles. The first kappa shape index (κ1) is 12.0. The van der Waals surface area contributed by atoms with Crippen LogP contribution in [0.3, 0.4) is 0 Å². The largest absolute Gasteiger partial charge is 0.382 e. The second-order valence-corrected chi connectivity index (χ2v) is 3.82. The smallest absolute Gasteiger partial charge is 0.272 e. The predicted octanol–water partition coefficient (Wildman–Crippen LogP) is 0.945. The Balaban J connectivity index is 2.06. The highest BCUT2D eigenvalue weighted by Gasteiger charge is 2.12. The minimum Gasteiger partial charge on any atom is -0.382 e. The second kappa shape index (κ2) is 5.22. The van der Waals surface area contributed by atoms with Crippen LogP contribution in [-0.2, 0) is 0 Å². The molecule has 1 atom stereocenters. The Labute approximate surface area is 104 Å². The first-order valence-electron chi connectivity index (χ1n) is 5.47. The van der Waals surface area contributed by atoms with Gasteiger partial charge in [-0.3, -0.25) is 9.78 Å². The SMILES string of the molecule is CC(NC(=O)c1ccc(N)nn1)c1cccnc1. The summed E-state index contributed by atoms with van der Waals surface area (Å²) in [6, 6.07) is 6.64. The van der Waals surface area contributed by atoms with E-state index in [1.807, 2.05) is 19.1 Å². The molecule has 2 aromatic rings. The summed E-state index contributed by atoms with van der Waals surface area (Å²) in [7, 11) is 0. The molecule has 0 bridgehead atoms. The van der Waals surface area contributed by atoms with Crippen LogP contribution in [0.5, 0.6) is 0 Å². The molecule has 0 aliphatic heterocycles. The molecule has 0 aromatic carbocycles. The number of carbonyl (C=O) groups excluding carboxylic acids is 1. The van der Waals surface area contributed by atoms with Crippen molar-refractivity contribution >= 4 is 11.7 Å². The molecule has 0 saturated carbocycles. The number of nitrogens with one attached hydrogen (secondary N) is 1. The lowest BCUT2D eigenvalue weighted by Crippen LogP contribution is -2.27. The van der Waals surface area contributed by atoms with Gasteiger partial charge in [0.25, 0.3) is 5.91 Å². The summed E-state index contributed by atoms with van der Waals surface area (Å²) in [5, 5.41) is 10.2. The molecule has 2 aromatic heterocycles. The van der Waals surface area contributed by atoms with Gasteiger partial charge >= 0.3 is 0 Å². The van der Waals surface area contributed by atoms with Crippen LogP contribution in [0.1, 0.15) is 29.0 Å². The van der Waals surface area contributed by atoms with Gasteiger partial charge in [0.15, 0.2) is 5.69 Å².